The summed E-state index contributed by atoms with van der Waals surface area (Å²) in [5.74, 6) is -0.745. The summed E-state index contributed by atoms with van der Waals surface area (Å²) in [7, 11) is -4.16. The van der Waals surface area contributed by atoms with Gasteiger partial charge in [-0.05, 0) is 73.7 Å². The molecule has 2 amide bonds. The van der Waals surface area contributed by atoms with Crippen LogP contribution in [-0.4, -0.2) is 43.8 Å². The van der Waals surface area contributed by atoms with E-state index in [2.05, 4.69) is 5.32 Å². The maximum Gasteiger partial charge on any atom is 0.264 e. The Balaban J connectivity index is 1.73. The third kappa shape index (κ3) is 7.42. The molecular weight excluding hydrogens is 581 g/mol. The third-order valence-corrected chi connectivity index (χ3v) is 9.91. The van der Waals surface area contributed by atoms with E-state index in [0.717, 1.165) is 35.6 Å². The van der Waals surface area contributed by atoms with E-state index < -0.39 is 28.5 Å². The molecule has 0 aliphatic heterocycles. The van der Waals surface area contributed by atoms with Crippen molar-refractivity contribution in [2.45, 2.75) is 69.5 Å². The van der Waals surface area contributed by atoms with Crippen LogP contribution in [0.15, 0.2) is 77.7 Å². The van der Waals surface area contributed by atoms with Crippen molar-refractivity contribution >= 4 is 50.7 Å². The largest absolute Gasteiger partial charge is 0.352 e. The average molecular weight is 617 g/mol. The predicted molar refractivity (Wildman–Crippen MR) is 164 cm³/mol. The van der Waals surface area contributed by atoms with Crippen LogP contribution in [0.3, 0.4) is 0 Å². The van der Waals surface area contributed by atoms with Crippen LogP contribution in [-0.2, 0) is 26.2 Å². The second kappa shape index (κ2) is 13.7. The van der Waals surface area contributed by atoms with E-state index in [1.807, 2.05) is 6.92 Å². The van der Waals surface area contributed by atoms with Gasteiger partial charge < -0.3 is 10.2 Å². The summed E-state index contributed by atoms with van der Waals surface area (Å²) in [5.41, 5.74) is 1.59. The average Bonchev–Trinajstić information content (AvgIpc) is 3.47. The monoisotopic (exact) mass is 615 g/mol. The summed E-state index contributed by atoms with van der Waals surface area (Å²) in [5, 5.41) is 4.04. The first-order valence-electron chi connectivity index (χ1n) is 13.8. The Morgan fingerprint density at radius 1 is 0.951 bits per heavy atom. The Bertz CT molecular complexity index is 1460. The van der Waals surface area contributed by atoms with Crippen molar-refractivity contribution in [3.63, 3.8) is 0 Å². The van der Waals surface area contributed by atoms with Crippen molar-refractivity contribution in [1.29, 1.82) is 0 Å². The maximum absolute atomic E-state index is 14.2. The summed E-state index contributed by atoms with van der Waals surface area (Å²) in [6, 6.07) is 19.2. The maximum atomic E-state index is 14.2. The number of hydrogen-bond acceptors (Lipinski definition) is 4. The Hall–Kier alpha value is -3.07. The van der Waals surface area contributed by atoms with E-state index in [-0.39, 0.29) is 23.4 Å². The third-order valence-electron chi connectivity index (χ3n) is 7.47. The molecule has 10 heteroatoms. The van der Waals surface area contributed by atoms with Gasteiger partial charge in [0.1, 0.15) is 12.6 Å². The van der Waals surface area contributed by atoms with Crippen molar-refractivity contribution in [1.82, 2.24) is 10.2 Å². The molecule has 3 aromatic rings. The summed E-state index contributed by atoms with van der Waals surface area (Å²) >= 11 is 12.5. The first-order chi connectivity index (χ1) is 19.6. The second-order valence-electron chi connectivity index (χ2n) is 10.3. The van der Waals surface area contributed by atoms with Crippen LogP contribution in [0, 0.1) is 6.92 Å². The molecule has 1 unspecified atom stereocenters. The Morgan fingerprint density at radius 3 is 2.24 bits per heavy atom. The Kier molecular flexibility index (Phi) is 10.3. The smallest absolute Gasteiger partial charge is 0.264 e. The molecule has 7 nitrogen and oxygen atoms in total. The van der Waals surface area contributed by atoms with Crippen LogP contribution < -0.4 is 9.62 Å². The van der Waals surface area contributed by atoms with Gasteiger partial charge in [0, 0.05) is 22.6 Å². The van der Waals surface area contributed by atoms with Crippen molar-refractivity contribution in [2.75, 3.05) is 10.8 Å². The number of carbonyl (C=O) groups excluding carboxylic acids is 2. The van der Waals surface area contributed by atoms with Crippen LogP contribution in [0.4, 0.5) is 5.69 Å². The van der Waals surface area contributed by atoms with Gasteiger partial charge in [0.15, 0.2) is 0 Å². The van der Waals surface area contributed by atoms with Gasteiger partial charge in [-0.3, -0.25) is 13.9 Å². The molecule has 1 fully saturated rings. The number of nitrogens with one attached hydrogen (secondary N) is 1. The Morgan fingerprint density at radius 2 is 1.61 bits per heavy atom. The molecule has 1 N–H and O–H groups in total. The molecule has 41 heavy (non-hydrogen) atoms. The van der Waals surface area contributed by atoms with E-state index in [1.165, 1.54) is 17.0 Å². The molecule has 0 heterocycles. The molecule has 3 aromatic carbocycles. The fraction of sp³-hybridized carbons (Fsp3) is 0.355. The number of anilines is 1. The first kappa shape index (κ1) is 30.9. The molecule has 0 aromatic heterocycles. The number of benzene rings is 3. The summed E-state index contributed by atoms with van der Waals surface area (Å²) in [4.78, 5) is 29.2. The zero-order chi connectivity index (χ0) is 29.6. The quantitative estimate of drug-likeness (QED) is 0.272. The van der Waals surface area contributed by atoms with Gasteiger partial charge in [0.2, 0.25) is 11.8 Å². The van der Waals surface area contributed by atoms with Gasteiger partial charge in [0.05, 0.1) is 10.6 Å². The van der Waals surface area contributed by atoms with Gasteiger partial charge in [0.25, 0.3) is 10.0 Å². The lowest BCUT2D eigenvalue weighted by atomic mass is 10.1. The molecule has 0 radical (unpaired) electrons. The van der Waals surface area contributed by atoms with Crippen molar-refractivity contribution in [3.8, 4) is 0 Å². The Labute approximate surface area is 252 Å². The van der Waals surface area contributed by atoms with Crippen LogP contribution in [0.25, 0.3) is 0 Å². The summed E-state index contributed by atoms with van der Waals surface area (Å²) < 4.78 is 29.0. The van der Waals surface area contributed by atoms with E-state index in [1.54, 1.807) is 67.6 Å². The van der Waals surface area contributed by atoms with Crippen LogP contribution in [0.1, 0.15) is 50.2 Å². The number of halogens is 2. The standard InChI is InChI=1S/C31H35Cl2N3O4S/c1-3-28(31(38)34-25-10-7-8-11-25)35(20-23-16-18-24(32)19-17-23)30(37)21-36(29-15-9-14-27(33)22(29)2)41(39,40)26-12-5-4-6-13-26/h4-6,9,12-19,25,28H,3,7-8,10-11,20-21H2,1-2H3,(H,34,38). The van der Waals surface area contributed by atoms with Crippen molar-refractivity contribution in [2.24, 2.45) is 0 Å². The van der Waals surface area contributed by atoms with E-state index in [4.69, 9.17) is 23.2 Å². The molecule has 1 aliphatic rings. The molecule has 0 spiro atoms. The highest BCUT2D eigenvalue weighted by atomic mass is 35.5. The predicted octanol–water partition coefficient (Wildman–Crippen LogP) is 6.36. The number of carbonyl (C=O) groups is 2. The lowest BCUT2D eigenvalue weighted by Crippen LogP contribution is -2.53. The SMILES string of the molecule is CCC(C(=O)NC1CCCC1)N(Cc1ccc(Cl)cc1)C(=O)CN(c1cccc(Cl)c1C)S(=O)(=O)c1ccccc1. The van der Waals surface area contributed by atoms with Crippen LogP contribution in [0.2, 0.25) is 10.0 Å². The molecule has 1 saturated carbocycles. The van der Waals surface area contributed by atoms with Gasteiger partial charge in [-0.15, -0.1) is 0 Å². The normalized spacial score (nSPS) is 14.4. The highest BCUT2D eigenvalue weighted by molar-refractivity contribution is 7.92. The minimum atomic E-state index is -4.16. The molecule has 1 atom stereocenters. The van der Waals surface area contributed by atoms with Crippen molar-refractivity contribution < 1.29 is 18.0 Å². The van der Waals surface area contributed by atoms with Crippen LogP contribution in [0.5, 0.6) is 0 Å². The van der Waals surface area contributed by atoms with Crippen LogP contribution >= 0.6 is 23.2 Å². The zero-order valence-electron chi connectivity index (χ0n) is 23.2. The second-order valence-corrected chi connectivity index (χ2v) is 13.0. The topological polar surface area (TPSA) is 86.8 Å². The minimum Gasteiger partial charge on any atom is -0.352 e. The number of nitrogens with zero attached hydrogens (tertiary/aromatic N) is 2. The molecule has 0 bridgehead atoms. The fourth-order valence-corrected chi connectivity index (χ4v) is 6.96. The number of hydrogen-bond donors (Lipinski definition) is 1. The van der Waals surface area contributed by atoms with Gasteiger partial charge in [-0.2, -0.15) is 0 Å². The summed E-state index contributed by atoms with van der Waals surface area (Å²) in [6.45, 7) is 3.16. The lowest BCUT2D eigenvalue weighted by molar-refractivity contribution is -0.140. The highest BCUT2D eigenvalue weighted by Gasteiger charge is 2.35. The van der Waals surface area contributed by atoms with E-state index in [0.29, 0.717) is 27.7 Å². The highest BCUT2D eigenvalue weighted by Crippen LogP contribution is 2.31. The number of rotatable bonds is 11. The van der Waals surface area contributed by atoms with E-state index in [9.17, 15) is 18.0 Å². The summed E-state index contributed by atoms with van der Waals surface area (Å²) in [6.07, 6.45) is 4.29. The molecule has 4 rings (SSSR count). The molecule has 218 valence electrons. The van der Waals surface area contributed by atoms with Gasteiger partial charge in [-0.1, -0.05) is 79.4 Å². The zero-order valence-corrected chi connectivity index (χ0v) is 25.6. The number of sulfonamides is 1. The minimum absolute atomic E-state index is 0.0439. The fourth-order valence-electron chi connectivity index (χ4n) is 5.17. The van der Waals surface area contributed by atoms with E-state index >= 15 is 0 Å². The van der Waals surface area contributed by atoms with Gasteiger partial charge >= 0.3 is 0 Å². The molecule has 0 saturated heterocycles. The van der Waals surface area contributed by atoms with Crippen molar-refractivity contribution in [3.05, 3.63) is 94.0 Å². The molecular formula is C31H35Cl2N3O4S. The number of amides is 2. The first-order valence-corrected chi connectivity index (χ1v) is 16.0. The van der Waals surface area contributed by atoms with Gasteiger partial charge in [-0.25, -0.2) is 8.42 Å². The molecule has 1 aliphatic carbocycles. The lowest BCUT2D eigenvalue weighted by Gasteiger charge is -2.34.